The van der Waals surface area contributed by atoms with E-state index in [9.17, 15) is 24.6 Å². The van der Waals surface area contributed by atoms with Crippen molar-refractivity contribution in [3.63, 3.8) is 0 Å². The largest absolute Gasteiger partial charge is 0.513 e. The summed E-state index contributed by atoms with van der Waals surface area (Å²) in [6, 6.07) is 20.3. The van der Waals surface area contributed by atoms with Crippen molar-refractivity contribution in [3.05, 3.63) is 107 Å². The topological polar surface area (TPSA) is 266 Å². The van der Waals surface area contributed by atoms with E-state index in [0.29, 0.717) is 166 Å². The van der Waals surface area contributed by atoms with Crippen molar-refractivity contribution in [1.29, 1.82) is 0 Å². The number of amides is 1. The van der Waals surface area contributed by atoms with Gasteiger partial charge in [-0.05, 0) is 79.3 Å². The lowest BCUT2D eigenvalue weighted by Crippen LogP contribution is -2.33. The molecule has 0 fully saturated rings. The first kappa shape index (κ1) is 62.9. The molecule has 0 unspecified atom stereocenters. The average molecular weight is 1140 g/mol. The summed E-state index contributed by atoms with van der Waals surface area (Å²) in [7, 11) is 0. The Morgan fingerprint density at radius 1 is 0.512 bits per heavy atom. The third-order valence-electron chi connectivity index (χ3n) is 11.6. The number of rotatable bonds is 41. The summed E-state index contributed by atoms with van der Waals surface area (Å²) in [5.41, 5.74) is 1.41. The van der Waals surface area contributed by atoms with Gasteiger partial charge in [-0.3, -0.25) is 4.79 Å². The molecule has 0 aliphatic carbocycles. The van der Waals surface area contributed by atoms with Crippen molar-refractivity contribution in [2.75, 3.05) is 170 Å². The van der Waals surface area contributed by atoms with Crippen LogP contribution in [0.3, 0.4) is 0 Å². The molecule has 0 bridgehead atoms. The fourth-order valence-corrected chi connectivity index (χ4v) is 8.07. The van der Waals surface area contributed by atoms with Gasteiger partial charge in [-0.1, -0.05) is 13.0 Å². The van der Waals surface area contributed by atoms with E-state index in [4.69, 9.17) is 83.3 Å². The van der Waals surface area contributed by atoms with Gasteiger partial charge < -0.3 is 97.2 Å². The van der Waals surface area contributed by atoms with Gasteiger partial charge in [0.25, 0.3) is 5.91 Å². The molecule has 2 heterocycles. The summed E-state index contributed by atoms with van der Waals surface area (Å²) in [5.74, 6) is -0.206. The number of benzene rings is 4. The van der Waals surface area contributed by atoms with Crippen molar-refractivity contribution in [3.8, 4) is 28.7 Å². The van der Waals surface area contributed by atoms with E-state index in [0.717, 1.165) is 13.0 Å². The second-order valence-electron chi connectivity index (χ2n) is 17.4. The summed E-state index contributed by atoms with van der Waals surface area (Å²) in [4.78, 5) is 38.2. The highest BCUT2D eigenvalue weighted by atomic mass is 32.1. The van der Waals surface area contributed by atoms with Crippen molar-refractivity contribution in [2.45, 2.75) is 18.9 Å². The molecule has 0 aromatic heterocycles. The Labute approximate surface area is 470 Å². The maximum atomic E-state index is 13.4. The van der Waals surface area contributed by atoms with Crippen LogP contribution in [-0.2, 0) is 67.2 Å². The average Bonchev–Trinajstić information content (AvgIpc) is 3.95. The number of esters is 1. The van der Waals surface area contributed by atoms with Gasteiger partial charge in [0, 0.05) is 59.8 Å². The number of aromatic hydroxyl groups is 2. The quantitative estimate of drug-likeness (QED) is 0.0159. The maximum Gasteiger partial charge on any atom is 0.513 e. The molecule has 2 aliphatic heterocycles. The highest BCUT2D eigenvalue weighted by Crippen LogP contribution is 2.57. The van der Waals surface area contributed by atoms with Gasteiger partial charge in [-0.15, -0.1) is 0 Å². The Kier molecular flexibility index (Phi) is 28.4. The molecule has 2 aliphatic rings. The first-order valence-electron chi connectivity index (χ1n) is 26.5. The molecule has 24 heteroatoms. The minimum Gasteiger partial charge on any atom is -0.508 e. The second-order valence-corrected chi connectivity index (χ2v) is 17.8. The lowest BCUT2D eigenvalue weighted by Gasteiger charge is -2.36. The zero-order valence-corrected chi connectivity index (χ0v) is 45.9. The van der Waals surface area contributed by atoms with Gasteiger partial charge >= 0.3 is 12.1 Å². The Bertz CT molecular complexity index is 2450. The van der Waals surface area contributed by atoms with E-state index in [1.165, 1.54) is 48.5 Å². The lowest BCUT2D eigenvalue weighted by atomic mass is 9.77. The summed E-state index contributed by atoms with van der Waals surface area (Å²) < 4.78 is 82.7. The molecular weight excluding hydrogens is 1070 g/mol. The van der Waals surface area contributed by atoms with Crippen LogP contribution in [0.25, 0.3) is 0 Å². The SMILES string of the molecule is CCCOCCOCCOCCOCCOCCOCCOCCOCCOCCOCCNC(=O)c1ccc(OC(=O)OCCOCCNC(=S)Nc2ccc3c(c2)C(=O)OC32c3ccc(O)cc3Oc3cc(O)ccc32)cc1. The van der Waals surface area contributed by atoms with Crippen LogP contribution >= 0.6 is 12.2 Å². The Morgan fingerprint density at radius 2 is 0.938 bits per heavy atom. The molecule has 4 aromatic rings. The smallest absolute Gasteiger partial charge is 0.508 e. The van der Waals surface area contributed by atoms with Crippen molar-refractivity contribution in [2.24, 2.45) is 0 Å². The fraction of sp³-hybridized carbons (Fsp3) is 0.500. The molecule has 5 N–H and O–H groups in total. The third kappa shape index (κ3) is 21.3. The van der Waals surface area contributed by atoms with E-state index >= 15 is 0 Å². The highest BCUT2D eigenvalue weighted by Gasteiger charge is 2.53. The molecule has 6 rings (SSSR count). The number of carbonyl (C=O) groups excluding carboxylic acids is 3. The molecule has 0 saturated heterocycles. The normalized spacial score (nSPS) is 12.7. The molecule has 4 aromatic carbocycles. The lowest BCUT2D eigenvalue weighted by molar-refractivity contribution is -0.0263. The molecule has 0 atom stereocenters. The van der Waals surface area contributed by atoms with Gasteiger partial charge in [-0.25, -0.2) is 9.59 Å². The first-order valence-corrected chi connectivity index (χ1v) is 26.9. The van der Waals surface area contributed by atoms with Gasteiger partial charge in [0.15, 0.2) is 10.7 Å². The number of hydrogen-bond donors (Lipinski definition) is 5. The van der Waals surface area contributed by atoms with E-state index in [1.54, 1.807) is 30.3 Å². The maximum absolute atomic E-state index is 13.4. The number of ether oxygens (including phenoxy) is 15. The second kappa shape index (κ2) is 36.2. The Balaban J connectivity index is 0.689. The Morgan fingerprint density at radius 3 is 1.41 bits per heavy atom. The number of carbonyl (C=O) groups is 3. The van der Waals surface area contributed by atoms with Gasteiger partial charge in [0.05, 0.1) is 144 Å². The summed E-state index contributed by atoms with van der Waals surface area (Å²) in [6.45, 7) is 12.5. The number of phenols is 2. The first-order chi connectivity index (χ1) is 39.2. The monoisotopic (exact) mass is 1140 g/mol. The van der Waals surface area contributed by atoms with Crippen LogP contribution in [0.4, 0.5) is 10.5 Å². The van der Waals surface area contributed by atoms with E-state index in [2.05, 4.69) is 22.9 Å². The van der Waals surface area contributed by atoms with Crippen LogP contribution < -0.4 is 25.4 Å². The van der Waals surface area contributed by atoms with Crippen LogP contribution in [0, 0.1) is 0 Å². The van der Waals surface area contributed by atoms with Crippen LogP contribution in [0.15, 0.2) is 78.9 Å². The van der Waals surface area contributed by atoms with Gasteiger partial charge in [-0.2, -0.15) is 0 Å². The number of fused-ring (bicyclic) bond motifs is 6. The molecular formula is C56H73N3O20S. The fourth-order valence-electron chi connectivity index (χ4n) is 7.85. The molecule has 23 nitrogen and oxygen atoms in total. The summed E-state index contributed by atoms with van der Waals surface area (Å²) in [6.07, 6.45) is 0.0732. The van der Waals surface area contributed by atoms with Crippen LogP contribution in [-0.4, -0.2) is 198 Å². The standard InChI is InChI=1S/C56H73N3O20S/c1-2-15-65-18-20-68-22-24-70-26-28-72-30-32-74-34-35-75-33-31-73-29-27-71-25-23-69-21-19-66-16-13-57-52(62)41-3-8-45(9-4-41)77-55(64)76-37-36-67-17-14-58-54(80)59-42-5-10-47-46(38-42)53(63)79-56(47)48-11-6-43(60)39-50(48)78-51-40-44(61)7-12-49(51)56/h3-12,38-40,60-61H,2,13-37H2,1H3,(H,57,62)(H2,58,59,80). The Hall–Kier alpha value is -6.26. The molecule has 0 saturated carbocycles. The number of hydrogen-bond acceptors (Lipinski definition) is 21. The van der Waals surface area contributed by atoms with E-state index < -0.39 is 17.7 Å². The zero-order valence-electron chi connectivity index (χ0n) is 45.0. The minimum absolute atomic E-state index is 0.0365. The third-order valence-corrected chi connectivity index (χ3v) is 11.8. The highest BCUT2D eigenvalue weighted by molar-refractivity contribution is 7.80. The molecule has 438 valence electrons. The predicted octanol–water partition coefficient (Wildman–Crippen LogP) is 5.49. The van der Waals surface area contributed by atoms with Gasteiger partial charge in [0.2, 0.25) is 0 Å². The molecule has 80 heavy (non-hydrogen) atoms. The van der Waals surface area contributed by atoms with Crippen molar-refractivity contribution >= 4 is 41.0 Å². The molecule has 0 radical (unpaired) electrons. The molecule has 1 spiro atoms. The van der Waals surface area contributed by atoms with Gasteiger partial charge in [0.1, 0.15) is 35.4 Å². The predicted molar refractivity (Wildman–Crippen MR) is 292 cm³/mol. The number of phenolic OH excluding ortho intramolecular Hbond substituents is 2. The zero-order chi connectivity index (χ0) is 56.5. The van der Waals surface area contributed by atoms with Crippen LogP contribution in [0.2, 0.25) is 0 Å². The van der Waals surface area contributed by atoms with E-state index in [1.807, 2.05) is 0 Å². The van der Waals surface area contributed by atoms with Crippen molar-refractivity contribution in [1.82, 2.24) is 10.6 Å². The summed E-state index contributed by atoms with van der Waals surface area (Å²) >= 11 is 5.45. The van der Waals surface area contributed by atoms with Crippen molar-refractivity contribution < 1.29 is 95.6 Å². The number of nitrogens with one attached hydrogen (secondary N) is 3. The number of anilines is 1. The van der Waals surface area contributed by atoms with E-state index in [-0.39, 0.29) is 66.1 Å². The minimum atomic E-state index is -1.38. The van der Waals surface area contributed by atoms with Crippen LogP contribution in [0.1, 0.15) is 50.8 Å². The number of thiocarbonyl (C=S) groups is 1. The molecule has 1 amide bonds. The van der Waals surface area contributed by atoms with Crippen LogP contribution in [0.5, 0.6) is 28.7 Å². The summed E-state index contributed by atoms with van der Waals surface area (Å²) in [5, 5.41) is 29.5.